The standard InChI is InChI=1S/C22H25NO4/c1-26-19-11-7-8-17(14-19)15-23-20(24)16-27-21(25)22(12-5-6-13-22)18-9-3-2-4-10-18/h2-4,7-11,14H,5-6,12-13,15-16H2,1H3,(H,23,24). The van der Waals surface area contributed by atoms with E-state index in [1.54, 1.807) is 7.11 Å². The van der Waals surface area contributed by atoms with E-state index >= 15 is 0 Å². The van der Waals surface area contributed by atoms with Crippen molar-refractivity contribution in [3.8, 4) is 5.75 Å². The molecule has 0 spiro atoms. The van der Waals surface area contributed by atoms with Gasteiger partial charge in [0.1, 0.15) is 5.75 Å². The first-order valence-electron chi connectivity index (χ1n) is 9.26. The molecule has 1 fully saturated rings. The zero-order valence-corrected chi connectivity index (χ0v) is 15.6. The van der Waals surface area contributed by atoms with Crippen LogP contribution in [0.1, 0.15) is 36.8 Å². The van der Waals surface area contributed by atoms with Gasteiger partial charge in [-0.2, -0.15) is 0 Å². The van der Waals surface area contributed by atoms with Gasteiger partial charge < -0.3 is 14.8 Å². The van der Waals surface area contributed by atoms with Gasteiger partial charge in [-0.3, -0.25) is 9.59 Å². The predicted molar refractivity (Wildman–Crippen MR) is 102 cm³/mol. The number of carbonyl (C=O) groups excluding carboxylic acids is 2. The molecule has 5 nitrogen and oxygen atoms in total. The zero-order valence-electron chi connectivity index (χ0n) is 15.6. The van der Waals surface area contributed by atoms with Gasteiger partial charge >= 0.3 is 5.97 Å². The van der Waals surface area contributed by atoms with Crippen molar-refractivity contribution in [2.24, 2.45) is 0 Å². The molecule has 0 heterocycles. The summed E-state index contributed by atoms with van der Waals surface area (Å²) in [5.74, 6) is 0.120. The van der Waals surface area contributed by atoms with Crippen molar-refractivity contribution in [2.75, 3.05) is 13.7 Å². The molecule has 0 saturated heterocycles. The molecule has 1 saturated carbocycles. The zero-order chi connectivity index (χ0) is 19.1. The molecule has 142 valence electrons. The maximum absolute atomic E-state index is 12.8. The van der Waals surface area contributed by atoms with Crippen LogP contribution in [0.5, 0.6) is 5.75 Å². The Bertz CT molecular complexity index is 782. The summed E-state index contributed by atoms with van der Waals surface area (Å²) in [4.78, 5) is 24.9. The number of nitrogens with one attached hydrogen (secondary N) is 1. The highest BCUT2D eigenvalue weighted by Crippen LogP contribution is 2.42. The molecular weight excluding hydrogens is 342 g/mol. The van der Waals surface area contributed by atoms with Crippen LogP contribution in [0.2, 0.25) is 0 Å². The molecule has 1 N–H and O–H groups in total. The molecule has 3 rings (SSSR count). The lowest BCUT2D eigenvalue weighted by Crippen LogP contribution is -2.37. The minimum absolute atomic E-state index is 0.266. The monoisotopic (exact) mass is 367 g/mol. The first kappa shape index (κ1) is 19.0. The first-order valence-corrected chi connectivity index (χ1v) is 9.26. The van der Waals surface area contributed by atoms with Crippen LogP contribution in [0, 0.1) is 0 Å². The number of methoxy groups -OCH3 is 1. The van der Waals surface area contributed by atoms with Gasteiger partial charge in [-0.05, 0) is 36.1 Å². The molecule has 1 aliphatic carbocycles. The van der Waals surface area contributed by atoms with Crippen LogP contribution in [0.3, 0.4) is 0 Å². The van der Waals surface area contributed by atoms with Crippen molar-refractivity contribution in [3.05, 3.63) is 65.7 Å². The minimum atomic E-state index is -0.617. The third-order valence-corrected chi connectivity index (χ3v) is 5.13. The van der Waals surface area contributed by atoms with Gasteiger partial charge in [-0.15, -0.1) is 0 Å². The number of rotatable bonds is 7. The summed E-state index contributed by atoms with van der Waals surface area (Å²) < 4.78 is 10.6. The Labute approximate surface area is 159 Å². The van der Waals surface area contributed by atoms with Crippen LogP contribution >= 0.6 is 0 Å². The molecule has 0 atom stereocenters. The molecule has 2 aromatic carbocycles. The summed E-state index contributed by atoms with van der Waals surface area (Å²) in [6, 6.07) is 17.2. The Kier molecular flexibility index (Phi) is 6.12. The van der Waals surface area contributed by atoms with E-state index in [0.717, 1.165) is 42.6 Å². The Balaban J connectivity index is 1.55. The SMILES string of the molecule is COc1cccc(CNC(=O)COC(=O)C2(c3ccccc3)CCCC2)c1. The molecule has 27 heavy (non-hydrogen) atoms. The van der Waals surface area contributed by atoms with E-state index < -0.39 is 5.41 Å². The largest absolute Gasteiger partial charge is 0.497 e. The van der Waals surface area contributed by atoms with E-state index in [2.05, 4.69) is 5.32 Å². The number of hydrogen-bond donors (Lipinski definition) is 1. The number of amides is 1. The maximum Gasteiger partial charge on any atom is 0.317 e. The van der Waals surface area contributed by atoms with Crippen molar-refractivity contribution in [3.63, 3.8) is 0 Å². The van der Waals surface area contributed by atoms with Crippen LogP contribution in [0.25, 0.3) is 0 Å². The molecular formula is C22H25NO4. The summed E-state index contributed by atoms with van der Waals surface area (Å²) in [6.45, 7) is 0.0921. The quantitative estimate of drug-likeness (QED) is 0.762. The smallest absolute Gasteiger partial charge is 0.317 e. The average molecular weight is 367 g/mol. The van der Waals surface area contributed by atoms with E-state index in [9.17, 15) is 9.59 Å². The Morgan fingerprint density at radius 2 is 1.78 bits per heavy atom. The highest BCUT2D eigenvalue weighted by atomic mass is 16.5. The molecule has 5 heteroatoms. The van der Waals surface area contributed by atoms with Crippen LogP contribution in [-0.4, -0.2) is 25.6 Å². The van der Waals surface area contributed by atoms with Gasteiger partial charge in [0.2, 0.25) is 0 Å². The lowest BCUT2D eigenvalue weighted by molar-refractivity contribution is -0.154. The summed E-state index contributed by atoms with van der Waals surface area (Å²) in [5, 5.41) is 2.78. The predicted octanol–water partition coefficient (Wildman–Crippen LogP) is 3.37. The lowest BCUT2D eigenvalue weighted by Gasteiger charge is -2.27. The van der Waals surface area contributed by atoms with Gasteiger partial charge in [0.15, 0.2) is 6.61 Å². The van der Waals surface area contributed by atoms with E-state index in [1.807, 2.05) is 54.6 Å². The number of esters is 1. The Morgan fingerprint density at radius 3 is 2.48 bits per heavy atom. The van der Waals surface area contributed by atoms with Crippen LogP contribution in [-0.2, 0) is 26.3 Å². The topological polar surface area (TPSA) is 64.6 Å². The third-order valence-electron chi connectivity index (χ3n) is 5.13. The van der Waals surface area contributed by atoms with Crippen molar-refractivity contribution >= 4 is 11.9 Å². The summed E-state index contributed by atoms with van der Waals surface area (Å²) in [6.07, 6.45) is 3.51. The fourth-order valence-electron chi connectivity index (χ4n) is 3.65. The van der Waals surface area contributed by atoms with Crippen molar-refractivity contribution < 1.29 is 19.1 Å². The molecule has 0 unspecified atom stereocenters. The summed E-state index contributed by atoms with van der Waals surface area (Å²) in [7, 11) is 1.60. The van der Waals surface area contributed by atoms with Gasteiger partial charge in [0, 0.05) is 6.54 Å². The number of hydrogen-bond acceptors (Lipinski definition) is 4. The van der Waals surface area contributed by atoms with Gasteiger partial charge in [0.25, 0.3) is 5.91 Å². The highest BCUT2D eigenvalue weighted by Gasteiger charge is 2.44. The van der Waals surface area contributed by atoms with E-state index in [0.29, 0.717) is 6.54 Å². The molecule has 2 aromatic rings. The minimum Gasteiger partial charge on any atom is -0.497 e. The number of carbonyl (C=O) groups is 2. The summed E-state index contributed by atoms with van der Waals surface area (Å²) >= 11 is 0. The second-order valence-corrected chi connectivity index (χ2v) is 6.86. The summed E-state index contributed by atoms with van der Waals surface area (Å²) in [5.41, 5.74) is 1.28. The van der Waals surface area contributed by atoms with Crippen LogP contribution < -0.4 is 10.1 Å². The molecule has 1 amide bonds. The second kappa shape index (κ2) is 8.71. The van der Waals surface area contributed by atoms with Gasteiger partial charge in [-0.25, -0.2) is 0 Å². The molecule has 0 aliphatic heterocycles. The van der Waals surface area contributed by atoms with Crippen molar-refractivity contribution in [2.45, 2.75) is 37.6 Å². The maximum atomic E-state index is 12.8. The van der Waals surface area contributed by atoms with Gasteiger partial charge in [-0.1, -0.05) is 55.3 Å². The number of benzene rings is 2. The van der Waals surface area contributed by atoms with Crippen LogP contribution in [0.4, 0.5) is 0 Å². The molecule has 1 aliphatic rings. The molecule has 0 radical (unpaired) electrons. The average Bonchev–Trinajstić information content (AvgIpc) is 3.22. The number of ether oxygens (including phenoxy) is 2. The molecule has 0 bridgehead atoms. The van der Waals surface area contributed by atoms with E-state index in [4.69, 9.17) is 9.47 Å². The lowest BCUT2D eigenvalue weighted by atomic mass is 9.79. The highest BCUT2D eigenvalue weighted by molar-refractivity contribution is 5.86. The normalized spacial score (nSPS) is 15.1. The molecule has 0 aromatic heterocycles. The van der Waals surface area contributed by atoms with E-state index in [-0.39, 0.29) is 18.5 Å². The Hall–Kier alpha value is -2.82. The van der Waals surface area contributed by atoms with E-state index in [1.165, 1.54) is 0 Å². The Morgan fingerprint density at radius 1 is 1.04 bits per heavy atom. The fraction of sp³-hybridized carbons (Fsp3) is 0.364. The van der Waals surface area contributed by atoms with Gasteiger partial charge in [0.05, 0.1) is 12.5 Å². The second-order valence-electron chi connectivity index (χ2n) is 6.86. The van der Waals surface area contributed by atoms with Crippen molar-refractivity contribution in [1.82, 2.24) is 5.32 Å². The first-order chi connectivity index (χ1) is 13.1. The fourth-order valence-corrected chi connectivity index (χ4v) is 3.65. The van der Waals surface area contributed by atoms with Crippen LogP contribution in [0.15, 0.2) is 54.6 Å². The third kappa shape index (κ3) is 4.48. The van der Waals surface area contributed by atoms with Crippen molar-refractivity contribution in [1.29, 1.82) is 0 Å².